The Morgan fingerprint density at radius 2 is 2.24 bits per heavy atom. The highest BCUT2D eigenvalue weighted by Crippen LogP contribution is 2.25. The zero-order valence-electron chi connectivity index (χ0n) is 10.0. The van der Waals surface area contributed by atoms with Gasteiger partial charge < -0.3 is 5.73 Å². The first-order valence-electron chi connectivity index (χ1n) is 5.69. The van der Waals surface area contributed by atoms with Crippen molar-refractivity contribution in [2.24, 2.45) is 5.73 Å². The molecule has 90 valence electrons. The van der Waals surface area contributed by atoms with Gasteiger partial charge in [0.15, 0.2) is 0 Å². The van der Waals surface area contributed by atoms with Gasteiger partial charge in [0.25, 0.3) is 0 Å². The lowest BCUT2D eigenvalue weighted by Crippen LogP contribution is -2.05. The number of nitrogens with two attached hydrogens (primary N) is 1. The van der Waals surface area contributed by atoms with E-state index < -0.39 is 0 Å². The summed E-state index contributed by atoms with van der Waals surface area (Å²) in [4.78, 5) is 0. The normalized spacial score (nSPS) is 12.7. The summed E-state index contributed by atoms with van der Waals surface area (Å²) in [5.74, 6) is -0.245. The molecule has 1 atom stereocenters. The summed E-state index contributed by atoms with van der Waals surface area (Å²) in [7, 11) is 0. The lowest BCUT2D eigenvalue weighted by Gasteiger charge is -2.08. The van der Waals surface area contributed by atoms with Crippen LogP contribution in [0.3, 0.4) is 0 Å². The van der Waals surface area contributed by atoms with Crippen molar-refractivity contribution in [1.82, 2.24) is 9.78 Å². The van der Waals surface area contributed by atoms with E-state index in [1.165, 1.54) is 6.07 Å². The highest BCUT2D eigenvalue weighted by atomic mass is 19.1. The van der Waals surface area contributed by atoms with Gasteiger partial charge in [-0.25, -0.2) is 4.39 Å². The van der Waals surface area contributed by atoms with Gasteiger partial charge in [-0.05, 0) is 31.5 Å². The van der Waals surface area contributed by atoms with Gasteiger partial charge in [0.2, 0.25) is 0 Å². The molecule has 0 aliphatic rings. The van der Waals surface area contributed by atoms with Gasteiger partial charge in [-0.1, -0.05) is 6.07 Å². The van der Waals surface area contributed by atoms with Crippen LogP contribution in [0.25, 0.3) is 11.1 Å². The number of halogens is 1. The molecule has 1 aromatic carbocycles. The molecule has 1 heterocycles. The molecule has 0 fully saturated rings. The van der Waals surface area contributed by atoms with Crippen LogP contribution in [0, 0.1) is 5.82 Å². The number of aryl methyl sites for hydroxylation is 1. The molecule has 2 N–H and O–H groups in total. The van der Waals surface area contributed by atoms with Gasteiger partial charge in [-0.15, -0.1) is 0 Å². The molecule has 1 aromatic heterocycles. The Bertz CT molecular complexity index is 517. The second-order valence-corrected chi connectivity index (χ2v) is 4.11. The van der Waals surface area contributed by atoms with E-state index in [1.54, 1.807) is 23.0 Å². The zero-order chi connectivity index (χ0) is 12.4. The van der Waals surface area contributed by atoms with Crippen LogP contribution in [0.2, 0.25) is 0 Å². The Labute approximate surface area is 100 Å². The lowest BCUT2D eigenvalue weighted by atomic mass is 10.0. The van der Waals surface area contributed by atoms with Crippen molar-refractivity contribution in [3.05, 3.63) is 42.0 Å². The van der Waals surface area contributed by atoms with Gasteiger partial charge in [-0.3, -0.25) is 4.68 Å². The minimum absolute atomic E-state index is 0.101. The molecule has 0 bridgehead atoms. The minimum Gasteiger partial charge on any atom is -0.324 e. The summed E-state index contributed by atoms with van der Waals surface area (Å²) < 4.78 is 15.5. The van der Waals surface area contributed by atoms with Crippen LogP contribution in [0.15, 0.2) is 30.6 Å². The molecule has 0 aliphatic carbocycles. The van der Waals surface area contributed by atoms with E-state index in [9.17, 15) is 4.39 Å². The summed E-state index contributed by atoms with van der Waals surface area (Å²) in [5.41, 5.74) is 8.06. The number of hydrogen-bond donors (Lipinski definition) is 1. The summed E-state index contributed by atoms with van der Waals surface area (Å²) in [6, 6.07) is 4.86. The molecule has 0 saturated carbocycles. The Morgan fingerprint density at radius 3 is 2.82 bits per heavy atom. The van der Waals surface area contributed by atoms with Gasteiger partial charge >= 0.3 is 0 Å². The van der Waals surface area contributed by atoms with Crippen molar-refractivity contribution in [2.75, 3.05) is 0 Å². The first-order chi connectivity index (χ1) is 8.11. The second kappa shape index (κ2) is 4.67. The van der Waals surface area contributed by atoms with Crippen molar-refractivity contribution >= 4 is 0 Å². The predicted molar refractivity (Wildman–Crippen MR) is 65.9 cm³/mol. The highest BCUT2D eigenvalue weighted by Gasteiger charge is 2.10. The number of rotatable bonds is 3. The largest absolute Gasteiger partial charge is 0.324 e. The minimum atomic E-state index is -0.245. The van der Waals surface area contributed by atoms with E-state index >= 15 is 0 Å². The van der Waals surface area contributed by atoms with E-state index in [1.807, 2.05) is 20.0 Å². The molecule has 1 unspecified atom stereocenters. The van der Waals surface area contributed by atoms with Crippen molar-refractivity contribution in [3.63, 3.8) is 0 Å². The highest BCUT2D eigenvalue weighted by molar-refractivity contribution is 5.63. The van der Waals surface area contributed by atoms with Crippen molar-refractivity contribution in [1.29, 1.82) is 0 Å². The summed E-state index contributed by atoms with van der Waals surface area (Å²) in [5, 5.41) is 4.15. The van der Waals surface area contributed by atoms with E-state index in [-0.39, 0.29) is 11.9 Å². The standard InChI is InChI=1S/C13H16FN3/c1-3-17-8-11(7-16-17)12-6-10(9(2)15)4-5-13(12)14/h4-9H,3,15H2,1-2H3. The van der Waals surface area contributed by atoms with Crippen LogP contribution in [0.4, 0.5) is 4.39 Å². The fourth-order valence-corrected chi connectivity index (χ4v) is 1.72. The summed E-state index contributed by atoms with van der Waals surface area (Å²) in [6.07, 6.45) is 3.51. The molecule has 2 rings (SSSR count). The van der Waals surface area contributed by atoms with E-state index in [0.29, 0.717) is 5.56 Å². The maximum atomic E-state index is 13.8. The average Bonchev–Trinajstić information content (AvgIpc) is 2.77. The van der Waals surface area contributed by atoms with E-state index in [4.69, 9.17) is 5.73 Å². The molecule has 0 aliphatic heterocycles. The monoisotopic (exact) mass is 233 g/mol. The van der Waals surface area contributed by atoms with Gasteiger partial charge in [0.1, 0.15) is 5.82 Å². The number of benzene rings is 1. The van der Waals surface area contributed by atoms with Crippen molar-refractivity contribution in [2.45, 2.75) is 26.4 Å². The maximum absolute atomic E-state index is 13.8. The first-order valence-corrected chi connectivity index (χ1v) is 5.69. The van der Waals surface area contributed by atoms with Crippen LogP contribution in [0.1, 0.15) is 25.5 Å². The SMILES string of the molecule is CCn1cc(-c2cc(C(C)N)ccc2F)cn1. The number of nitrogens with zero attached hydrogens (tertiary/aromatic N) is 2. The Kier molecular flexibility index (Phi) is 3.24. The zero-order valence-corrected chi connectivity index (χ0v) is 10.0. The third kappa shape index (κ3) is 2.36. The predicted octanol–water partition coefficient (Wildman–Crippen LogP) is 2.73. The number of aromatic nitrogens is 2. The number of hydrogen-bond acceptors (Lipinski definition) is 2. The fourth-order valence-electron chi connectivity index (χ4n) is 1.72. The molecule has 17 heavy (non-hydrogen) atoms. The lowest BCUT2D eigenvalue weighted by molar-refractivity contribution is 0.629. The molecular formula is C13H16FN3. The van der Waals surface area contributed by atoms with E-state index in [0.717, 1.165) is 17.7 Å². The average molecular weight is 233 g/mol. The van der Waals surface area contributed by atoms with Crippen LogP contribution < -0.4 is 5.73 Å². The summed E-state index contributed by atoms with van der Waals surface area (Å²) in [6.45, 7) is 4.65. The second-order valence-electron chi connectivity index (χ2n) is 4.11. The smallest absolute Gasteiger partial charge is 0.131 e. The van der Waals surface area contributed by atoms with E-state index in [2.05, 4.69) is 5.10 Å². The maximum Gasteiger partial charge on any atom is 0.131 e. The molecule has 3 nitrogen and oxygen atoms in total. The van der Waals surface area contributed by atoms with Crippen LogP contribution in [-0.4, -0.2) is 9.78 Å². The molecule has 0 radical (unpaired) electrons. The quantitative estimate of drug-likeness (QED) is 0.885. The van der Waals surface area contributed by atoms with Gasteiger partial charge in [-0.2, -0.15) is 5.10 Å². The molecular weight excluding hydrogens is 217 g/mol. The van der Waals surface area contributed by atoms with Crippen LogP contribution in [0.5, 0.6) is 0 Å². The third-order valence-corrected chi connectivity index (χ3v) is 2.78. The molecule has 4 heteroatoms. The Hall–Kier alpha value is -1.68. The molecule has 0 spiro atoms. The molecule has 0 amide bonds. The third-order valence-electron chi connectivity index (χ3n) is 2.78. The van der Waals surface area contributed by atoms with Crippen LogP contribution in [-0.2, 0) is 6.54 Å². The fraction of sp³-hybridized carbons (Fsp3) is 0.308. The molecule has 2 aromatic rings. The van der Waals surface area contributed by atoms with Gasteiger partial charge in [0.05, 0.1) is 6.20 Å². The van der Waals surface area contributed by atoms with Crippen LogP contribution >= 0.6 is 0 Å². The van der Waals surface area contributed by atoms with Crippen molar-refractivity contribution < 1.29 is 4.39 Å². The topological polar surface area (TPSA) is 43.8 Å². The first kappa shape index (κ1) is 11.8. The molecule has 0 saturated heterocycles. The van der Waals surface area contributed by atoms with Crippen molar-refractivity contribution in [3.8, 4) is 11.1 Å². The summed E-state index contributed by atoms with van der Waals surface area (Å²) >= 11 is 0. The Morgan fingerprint density at radius 1 is 1.47 bits per heavy atom. The Balaban J connectivity index is 2.46. The van der Waals surface area contributed by atoms with Gasteiger partial charge in [0, 0.05) is 29.9 Å².